The lowest BCUT2D eigenvalue weighted by Crippen LogP contribution is -2.46. The fraction of sp³-hybridized carbons (Fsp3) is 0.923. The molecular weight excluding hydrogens is 216 g/mol. The first-order chi connectivity index (χ1) is 8.25. The van der Waals surface area contributed by atoms with Crippen LogP contribution >= 0.6 is 0 Å². The van der Waals surface area contributed by atoms with Gasteiger partial charge in [-0.25, -0.2) is 4.79 Å². The number of ether oxygens (including phenoxy) is 1. The van der Waals surface area contributed by atoms with Crippen LogP contribution in [0.5, 0.6) is 0 Å². The number of likely N-dealkylation sites (N-methyl/N-ethyl adjacent to an activating group) is 1. The molecule has 2 amide bonds. The maximum Gasteiger partial charge on any atom is 0.317 e. The molecule has 1 heterocycles. The predicted octanol–water partition coefficient (Wildman–Crippen LogP) is 2.14. The van der Waals surface area contributed by atoms with E-state index in [9.17, 15) is 4.79 Å². The number of hydrogen-bond donors (Lipinski definition) is 1. The molecule has 4 nitrogen and oxygen atoms in total. The van der Waals surface area contributed by atoms with E-state index in [0.29, 0.717) is 6.04 Å². The van der Waals surface area contributed by atoms with Gasteiger partial charge in [-0.1, -0.05) is 19.3 Å². The smallest absolute Gasteiger partial charge is 0.317 e. The molecule has 0 radical (unpaired) electrons. The number of amides is 2. The van der Waals surface area contributed by atoms with Crippen molar-refractivity contribution >= 4 is 6.03 Å². The van der Waals surface area contributed by atoms with Gasteiger partial charge in [0.15, 0.2) is 0 Å². The molecule has 2 aliphatic rings. The Labute approximate surface area is 104 Å². The van der Waals surface area contributed by atoms with E-state index < -0.39 is 0 Å². The Kier molecular flexibility index (Phi) is 4.66. The monoisotopic (exact) mass is 240 g/mol. The van der Waals surface area contributed by atoms with Crippen molar-refractivity contribution in [1.29, 1.82) is 0 Å². The first kappa shape index (κ1) is 12.7. The highest BCUT2D eigenvalue weighted by Crippen LogP contribution is 2.18. The van der Waals surface area contributed by atoms with E-state index in [2.05, 4.69) is 5.32 Å². The largest absolute Gasteiger partial charge is 0.376 e. The third-order valence-corrected chi connectivity index (χ3v) is 3.78. The highest BCUT2D eigenvalue weighted by atomic mass is 16.5. The topological polar surface area (TPSA) is 41.6 Å². The lowest BCUT2D eigenvalue weighted by molar-refractivity contribution is 0.0867. The summed E-state index contributed by atoms with van der Waals surface area (Å²) in [7, 11) is 1.86. The first-order valence-corrected chi connectivity index (χ1v) is 6.89. The van der Waals surface area contributed by atoms with Crippen LogP contribution in [0.15, 0.2) is 0 Å². The molecule has 0 aromatic rings. The Hall–Kier alpha value is -0.770. The molecule has 2 fully saturated rings. The van der Waals surface area contributed by atoms with Crippen LogP contribution in [-0.2, 0) is 4.74 Å². The third-order valence-electron chi connectivity index (χ3n) is 3.78. The van der Waals surface area contributed by atoms with Gasteiger partial charge in [0, 0.05) is 26.2 Å². The number of carbonyl (C=O) groups is 1. The minimum absolute atomic E-state index is 0.0624. The zero-order valence-corrected chi connectivity index (χ0v) is 10.8. The Bertz CT molecular complexity index is 246. The fourth-order valence-electron chi connectivity index (χ4n) is 2.71. The summed E-state index contributed by atoms with van der Waals surface area (Å²) in [4.78, 5) is 13.7. The van der Waals surface area contributed by atoms with Gasteiger partial charge in [-0.2, -0.15) is 0 Å². The van der Waals surface area contributed by atoms with Gasteiger partial charge in [0.05, 0.1) is 6.10 Å². The van der Waals surface area contributed by atoms with Crippen LogP contribution in [0.3, 0.4) is 0 Å². The highest BCUT2D eigenvalue weighted by molar-refractivity contribution is 5.74. The summed E-state index contributed by atoms with van der Waals surface area (Å²) in [5.74, 6) is 0. The number of urea groups is 1. The second-order valence-electron chi connectivity index (χ2n) is 5.30. The third kappa shape index (κ3) is 3.87. The van der Waals surface area contributed by atoms with Crippen LogP contribution in [0.2, 0.25) is 0 Å². The molecule has 1 saturated carbocycles. The maximum absolute atomic E-state index is 12.0. The SMILES string of the molecule is CN(C[C@@H]1CCCO1)C(=O)NC1CCCCC1. The molecule has 2 rings (SSSR count). The molecule has 4 heteroatoms. The zero-order valence-electron chi connectivity index (χ0n) is 10.8. The van der Waals surface area contributed by atoms with Gasteiger partial charge in [-0.3, -0.25) is 0 Å². The Morgan fingerprint density at radius 2 is 2.00 bits per heavy atom. The predicted molar refractivity (Wildman–Crippen MR) is 67.0 cm³/mol. The van der Waals surface area contributed by atoms with Crippen molar-refractivity contribution < 1.29 is 9.53 Å². The van der Waals surface area contributed by atoms with Crippen molar-refractivity contribution in [1.82, 2.24) is 10.2 Å². The van der Waals surface area contributed by atoms with E-state index in [1.807, 2.05) is 7.05 Å². The molecule has 98 valence electrons. The minimum atomic E-state index is 0.0624. The average molecular weight is 240 g/mol. The Morgan fingerprint density at radius 3 is 2.65 bits per heavy atom. The minimum Gasteiger partial charge on any atom is -0.376 e. The van der Waals surface area contributed by atoms with Crippen LogP contribution in [-0.4, -0.2) is 43.3 Å². The Morgan fingerprint density at radius 1 is 1.24 bits per heavy atom. The van der Waals surface area contributed by atoms with Crippen molar-refractivity contribution in [2.75, 3.05) is 20.2 Å². The summed E-state index contributed by atoms with van der Waals surface area (Å²) in [5.41, 5.74) is 0. The number of carbonyl (C=O) groups excluding carboxylic acids is 1. The molecule has 1 aliphatic carbocycles. The zero-order chi connectivity index (χ0) is 12.1. The molecule has 1 N–H and O–H groups in total. The van der Waals surface area contributed by atoms with E-state index in [-0.39, 0.29) is 12.1 Å². The maximum atomic E-state index is 12.0. The van der Waals surface area contributed by atoms with Crippen LogP contribution < -0.4 is 5.32 Å². The second-order valence-corrected chi connectivity index (χ2v) is 5.30. The number of hydrogen-bond acceptors (Lipinski definition) is 2. The van der Waals surface area contributed by atoms with E-state index in [0.717, 1.165) is 38.8 Å². The standard InChI is InChI=1S/C13H24N2O2/c1-15(10-12-8-5-9-17-12)13(16)14-11-6-3-2-4-7-11/h11-12H,2-10H2,1H3,(H,14,16)/t12-/m0/s1. The van der Waals surface area contributed by atoms with Gasteiger partial charge in [0.1, 0.15) is 0 Å². The number of rotatable bonds is 3. The van der Waals surface area contributed by atoms with Crippen LogP contribution in [0.4, 0.5) is 4.79 Å². The van der Waals surface area contributed by atoms with Crippen molar-refractivity contribution in [3.63, 3.8) is 0 Å². The summed E-state index contributed by atoms with van der Waals surface area (Å²) in [6.07, 6.45) is 8.55. The molecule has 0 aromatic heterocycles. The molecule has 1 atom stereocenters. The van der Waals surface area contributed by atoms with Gasteiger partial charge in [-0.05, 0) is 25.7 Å². The first-order valence-electron chi connectivity index (χ1n) is 6.89. The van der Waals surface area contributed by atoms with Gasteiger partial charge in [0.2, 0.25) is 0 Å². The molecule has 0 aromatic carbocycles. The summed E-state index contributed by atoms with van der Waals surface area (Å²) < 4.78 is 5.54. The summed E-state index contributed by atoms with van der Waals surface area (Å²) >= 11 is 0. The van der Waals surface area contributed by atoms with E-state index in [1.165, 1.54) is 19.3 Å². The normalized spacial score (nSPS) is 25.8. The molecule has 1 saturated heterocycles. The second kappa shape index (κ2) is 6.24. The summed E-state index contributed by atoms with van der Waals surface area (Å²) in [6, 6.07) is 0.454. The fourth-order valence-corrected chi connectivity index (χ4v) is 2.71. The molecule has 0 bridgehead atoms. The Balaban J connectivity index is 1.70. The molecule has 0 unspecified atom stereocenters. The van der Waals surface area contributed by atoms with Crippen molar-refractivity contribution in [3.05, 3.63) is 0 Å². The number of nitrogens with one attached hydrogen (secondary N) is 1. The lowest BCUT2D eigenvalue weighted by Gasteiger charge is -2.27. The van der Waals surface area contributed by atoms with Gasteiger partial charge in [0.25, 0.3) is 0 Å². The van der Waals surface area contributed by atoms with E-state index in [4.69, 9.17) is 4.74 Å². The van der Waals surface area contributed by atoms with Gasteiger partial charge >= 0.3 is 6.03 Å². The van der Waals surface area contributed by atoms with E-state index >= 15 is 0 Å². The lowest BCUT2D eigenvalue weighted by atomic mass is 9.96. The quantitative estimate of drug-likeness (QED) is 0.821. The van der Waals surface area contributed by atoms with Crippen LogP contribution in [0.1, 0.15) is 44.9 Å². The average Bonchev–Trinajstić information content (AvgIpc) is 2.83. The summed E-state index contributed by atoms with van der Waals surface area (Å²) in [6.45, 7) is 1.57. The molecular formula is C13H24N2O2. The molecule has 17 heavy (non-hydrogen) atoms. The highest BCUT2D eigenvalue weighted by Gasteiger charge is 2.22. The van der Waals surface area contributed by atoms with Gasteiger partial charge in [-0.15, -0.1) is 0 Å². The van der Waals surface area contributed by atoms with Gasteiger partial charge < -0.3 is 15.0 Å². The van der Waals surface area contributed by atoms with E-state index in [1.54, 1.807) is 4.90 Å². The molecule has 0 spiro atoms. The van der Waals surface area contributed by atoms with Crippen molar-refractivity contribution in [3.8, 4) is 0 Å². The van der Waals surface area contributed by atoms with Crippen LogP contribution in [0, 0.1) is 0 Å². The number of nitrogens with zero attached hydrogens (tertiary/aromatic N) is 1. The molecule has 1 aliphatic heterocycles. The summed E-state index contributed by atoms with van der Waals surface area (Å²) in [5, 5.41) is 3.12. The van der Waals surface area contributed by atoms with Crippen molar-refractivity contribution in [2.45, 2.75) is 57.1 Å². The van der Waals surface area contributed by atoms with Crippen molar-refractivity contribution in [2.24, 2.45) is 0 Å². The van der Waals surface area contributed by atoms with Crippen LogP contribution in [0.25, 0.3) is 0 Å².